The van der Waals surface area contributed by atoms with Crippen LogP contribution < -0.4 is 15.8 Å². The van der Waals surface area contributed by atoms with E-state index in [0.29, 0.717) is 5.92 Å². The highest BCUT2D eigenvalue weighted by Gasteiger charge is 2.25. The summed E-state index contributed by atoms with van der Waals surface area (Å²) in [4.78, 5) is 0. The van der Waals surface area contributed by atoms with Gasteiger partial charge in [0.15, 0.2) is 0 Å². The highest BCUT2D eigenvalue weighted by atomic mass is 14.9. The van der Waals surface area contributed by atoms with Gasteiger partial charge in [-0.1, -0.05) is 54.6 Å². The quantitative estimate of drug-likeness (QED) is 0.842. The number of piperidine rings is 1. The second-order valence-corrected chi connectivity index (χ2v) is 6.18. The van der Waals surface area contributed by atoms with Crippen LogP contribution in [0.4, 0.5) is 0 Å². The molecule has 21 heavy (non-hydrogen) atoms. The van der Waals surface area contributed by atoms with Gasteiger partial charge in [0.25, 0.3) is 0 Å². The minimum Gasteiger partial charge on any atom is -0.317 e. The smallest absolute Gasteiger partial charge is 0.00623 e. The molecule has 0 radical (unpaired) electrons. The van der Waals surface area contributed by atoms with Crippen molar-refractivity contribution in [2.45, 2.75) is 18.8 Å². The number of rotatable bonds is 1. The fourth-order valence-corrected chi connectivity index (χ4v) is 3.78. The Bertz CT molecular complexity index is 753. The predicted octanol–water partition coefficient (Wildman–Crippen LogP) is 2.39. The summed E-state index contributed by atoms with van der Waals surface area (Å²) >= 11 is 0. The van der Waals surface area contributed by atoms with Crippen molar-refractivity contribution in [3.05, 3.63) is 70.1 Å². The summed E-state index contributed by atoms with van der Waals surface area (Å²) < 4.78 is 0. The maximum Gasteiger partial charge on any atom is 0.00623 e. The summed E-state index contributed by atoms with van der Waals surface area (Å²) in [6, 6.07) is 17.7. The van der Waals surface area contributed by atoms with Gasteiger partial charge in [-0.2, -0.15) is 0 Å². The first-order valence-corrected chi connectivity index (χ1v) is 8.00. The van der Waals surface area contributed by atoms with Gasteiger partial charge in [0.2, 0.25) is 0 Å². The zero-order chi connectivity index (χ0) is 14.1. The van der Waals surface area contributed by atoms with Crippen molar-refractivity contribution < 1.29 is 0 Å². The lowest BCUT2D eigenvalue weighted by molar-refractivity contribution is 0.355. The van der Waals surface area contributed by atoms with Gasteiger partial charge < -0.3 is 5.32 Å². The molecule has 1 unspecified atom stereocenters. The Hall–Kier alpha value is -1.86. The molecule has 1 atom stereocenters. The van der Waals surface area contributed by atoms with Crippen LogP contribution in [0.25, 0.3) is 12.2 Å². The van der Waals surface area contributed by atoms with E-state index in [4.69, 9.17) is 0 Å². The monoisotopic (exact) mass is 275 g/mol. The summed E-state index contributed by atoms with van der Waals surface area (Å²) in [5.74, 6) is 1.30. The van der Waals surface area contributed by atoms with Gasteiger partial charge in [-0.15, -0.1) is 0 Å². The lowest BCUT2D eigenvalue weighted by Gasteiger charge is -2.29. The third kappa shape index (κ3) is 2.43. The van der Waals surface area contributed by atoms with E-state index in [9.17, 15) is 0 Å². The molecule has 1 N–H and O–H groups in total. The van der Waals surface area contributed by atoms with E-state index in [-0.39, 0.29) is 0 Å². The largest absolute Gasteiger partial charge is 0.317 e. The second kappa shape index (κ2) is 5.50. The van der Waals surface area contributed by atoms with Crippen LogP contribution >= 0.6 is 0 Å². The second-order valence-electron chi connectivity index (χ2n) is 6.18. The third-order valence-corrected chi connectivity index (χ3v) is 4.91. The number of hydrogen-bond donors (Lipinski definition) is 1. The van der Waals surface area contributed by atoms with Crippen LogP contribution in [-0.4, -0.2) is 13.1 Å². The van der Waals surface area contributed by atoms with Crippen molar-refractivity contribution in [3.63, 3.8) is 0 Å². The van der Waals surface area contributed by atoms with Crippen molar-refractivity contribution in [3.8, 4) is 0 Å². The van der Waals surface area contributed by atoms with Crippen molar-refractivity contribution in [2.75, 3.05) is 13.1 Å². The highest BCUT2D eigenvalue weighted by Crippen LogP contribution is 2.35. The van der Waals surface area contributed by atoms with Crippen LogP contribution in [0.5, 0.6) is 0 Å². The average Bonchev–Trinajstić information content (AvgIpc) is 2.72. The molecule has 2 aromatic carbocycles. The predicted molar refractivity (Wildman–Crippen MR) is 88.5 cm³/mol. The fraction of sp³-hybridized carbons (Fsp3) is 0.300. The summed E-state index contributed by atoms with van der Waals surface area (Å²) in [6.07, 6.45) is 7.41. The molecular weight excluding hydrogens is 254 g/mol. The Balaban J connectivity index is 1.91. The fourth-order valence-electron chi connectivity index (χ4n) is 3.78. The van der Waals surface area contributed by atoms with Crippen molar-refractivity contribution in [1.29, 1.82) is 0 Å². The average molecular weight is 275 g/mol. The first kappa shape index (κ1) is 12.8. The normalized spacial score (nSPS) is 21.4. The SMILES string of the molecule is C1=c2ccccc2=CC(C2CCNCC2)c2ccccc21. The molecule has 2 aromatic rings. The van der Waals surface area contributed by atoms with Gasteiger partial charge >= 0.3 is 0 Å². The Morgan fingerprint density at radius 3 is 2.38 bits per heavy atom. The molecule has 1 heteroatoms. The van der Waals surface area contributed by atoms with Gasteiger partial charge in [0.05, 0.1) is 0 Å². The van der Waals surface area contributed by atoms with Gasteiger partial charge in [-0.3, -0.25) is 0 Å². The Labute approximate surface area is 126 Å². The van der Waals surface area contributed by atoms with E-state index in [1.54, 1.807) is 0 Å². The molecule has 0 spiro atoms. The van der Waals surface area contributed by atoms with Gasteiger partial charge in [-0.05, 0) is 59.5 Å². The molecule has 1 saturated heterocycles. The lowest BCUT2D eigenvalue weighted by atomic mass is 9.79. The summed E-state index contributed by atoms with van der Waals surface area (Å²) in [6.45, 7) is 2.31. The van der Waals surface area contributed by atoms with Gasteiger partial charge in [0.1, 0.15) is 0 Å². The summed E-state index contributed by atoms with van der Waals surface area (Å²) in [5, 5.41) is 6.23. The maximum atomic E-state index is 3.49. The van der Waals surface area contributed by atoms with E-state index in [1.807, 2.05) is 0 Å². The van der Waals surface area contributed by atoms with E-state index in [2.05, 4.69) is 66.0 Å². The third-order valence-electron chi connectivity index (χ3n) is 4.91. The Morgan fingerprint density at radius 1 is 0.810 bits per heavy atom. The standard InChI is InChI=1S/C20H21N/c1-2-6-17-14-20(15-9-11-21-12-10-15)19-8-4-3-7-18(19)13-16(17)5-1/h1-8,13-15,20-21H,9-12H2. The number of fused-ring (bicyclic) bond motifs is 2. The van der Waals surface area contributed by atoms with Gasteiger partial charge in [-0.25, -0.2) is 0 Å². The topological polar surface area (TPSA) is 12.0 Å². The van der Waals surface area contributed by atoms with Crippen LogP contribution in [0.2, 0.25) is 0 Å². The van der Waals surface area contributed by atoms with E-state index in [0.717, 1.165) is 19.0 Å². The Morgan fingerprint density at radius 2 is 1.52 bits per heavy atom. The van der Waals surface area contributed by atoms with E-state index < -0.39 is 0 Å². The highest BCUT2D eigenvalue weighted by molar-refractivity contribution is 5.61. The van der Waals surface area contributed by atoms with Crippen LogP contribution in [0, 0.1) is 5.92 Å². The molecule has 1 aliphatic heterocycles. The van der Waals surface area contributed by atoms with E-state index >= 15 is 0 Å². The molecule has 1 fully saturated rings. The maximum absolute atomic E-state index is 3.49. The first-order chi connectivity index (χ1) is 10.4. The molecule has 0 saturated carbocycles. The summed E-state index contributed by atoms with van der Waals surface area (Å²) in [5.41, 5.74) is 2.89. The Kier molecular flexibility index (Phi) is 3.36. The van der Waals surface area contributed by atoms with Crippen molar-refractivity contribution in [1.82, 2.24) is 5.32 Å². The first-order valence-electron chi connectivity index (χ1n) is 8.00. The molecule has 106 valence electrons. The van der Waals surface area contributed by atoms with Crippen LogP contribution in [-0.2, 0) is 0 Å². The molecule has 1 heterocycles. The zero-order valence-electron chi connectivity index (χ0n) is 12.3. The number of nitrogens with one attached hydrogen (secondary N) is 1. The molecule has 4 rings (SSSR count). The zero-order valence-corrected chi connectivity index (χ0v) is 12.3. The molecule has 0 amide bonds. The van der Waals surface area contributed by atoms with Crippen molar-refractivity contribution in [2.24, 2.45) is 5.92 Å². The van der Waals surface area contributed by atoms with Crippen LogP contribution in [0.3, 0.4) is 0 Å². The molecule has 1 nitrogen and oxygen atoms in total. The number of benzene rings is 2. The van der Waals surface area contributed by atoms with E-state index in [1.165, 1.54) is 34.4 Å². The molecular formula is C20H21N. The summed E-state index contributed by atoms with van der Waals surface area (Å²) in [7, 11) is 0. The lowest BCUT2D eigenvalue weighted by Crippen LogP contribution is -2.31. The number of hydrogen-bond acceptors (Lipinski definition) is 1. The molecule has 0 aromatic heterocycles. The van der Waals surface area contributed by atoms with Gasteiger partial charge in [0, 0.05) is 5.92 Å². The molecule has 0 bridgehead atoms. The molecule has 1 aliphatic carbocycles. The van der Waals surface area contributed by atoms with Crippen LogP contribution in [0.15, 0.2) is 48.5 Å². The minimum absolute atomic E-state index is 0.545. The van der Waals surface area contributed by atoms with Crippen LogP contribution in [0.1, 0.15) is 29.9 Å². The van der Waals surface area contributed by atoms with Crippen molar-refractivity contribution >= 4 is 12.2 Å². The molecule has 2 aliphatic rings. The minimum atomic E-state index is 0.545.